The molecule has 0 fully saturated rings. The monoisotopic (exact) mass is 344 g/mol. The van der Waals surface area contributed by atoms with Gasteiger partial charge in [-0.1, -0.05) is 12.1 Å². The number of rotatable bonds is 7. The number of aromatic nitrogens is 2. The van der Waals surface area contributed by atoms with E-state index in [1.54, 1.807) is 6.92 Å². The highest BCUT2D eigenvalue weighted by molar-refractivity contribution is 5.82. The van der Waals surface area contributed by atoms with Crippen LogP contribution >= 0.6 is 0 Å². The second-order valence-electron chi connectivity index (χ2n) is 5.31. The molecule has 1 heterocycles. The van der Waals surface area contributed by atoms with Gasteiger partial charge in [0, 0.05) is 17.7 Å². The van der Waals surface area contributed by atoms with Crippen LogP contribution in [0.4, 0.5) is 0 Å². The average Bonchev–Trinajstić information content (AvgIpc) is 2.54. The van der Waals surface area contributed by atoms with Crippen LogP contribution in [0.1, 0.15) is 30.2 Å². The van der Waals surface area contributed by atoms with Gasteiger partial charge in [-0.3, -0.25) is 14.6 Å². The number of amides is 1. The van der Waals surface area contributed by atoms with Crippen LogP contribution in [0.15, 0.2) is 39.0 Å². The molecular weight excluding hydrogens is 324 g/mol. The lowest BCUT2D eigenvalue weighted by atomic mass is 10.1. The number of hydrogen-bond acceptors (Lipinski definition) is 5. The minimum absolute atomic E-state index is 0.0757. The standard InChI is InChI=1S/C17H20N4O4/c1-3-25-13-6-4-5-12(9-13)10-18-21-15(22)8-7-14-11(2)19-17(24)20-16(14)23/h4-6,9-10H,3,7-8H2,1-2H3,(H,21,22)(H2,19,20,23,24)/b18-10+. The van der Waals surface area contributed by atoms with E-state index < -0.39 is 11.2 Å². The van der Waals surface area contributed by atoms with Gasteiger partial charge in [0.2, 0.25) is 5.91 Å². The van der Waals surface area contributed by atoms with Crippen molar-refractivity contribution < 1.29 is 9.53 Å². The van der Waals surface area contributed by atoms with Crippen molar-refractivity contribution in [3.63, 3.8) is 0 Å². The maximum Gasteiger partial charge on any atom is 0.325 e. The van der Waals surface area contributed by atoms with E-state index in [1.165, 1.54) is 6.21 Å². The number of H-pyrrole nitrogens is 2. The normalized spacial score (nSPS) is 10.8. The van der Waals surface area contributed by atoms with E-state index in [2.05, 4.69) is 20.5 Å². The molecule has 132 valence electrons. The van der Waals surface area contributed by atoms with E-state index in [1.807, 2.05) is 31.2 Å². The van der Waals surface area contributed by atoms with Crippen molar-refractivity contribution >= 4 is 12.1 Å². The summed E-state index contributed by atoms with van der Waals surface area (Å²) in [4.78, 5) is 39.3. The molecule has 0 radical (unpaired) electrons. The zero-order valence-electron chi connectivity index (χ0n) is 14.1. The minimum Gasteiger partial charge on any atom is -0.494 e. The van der Waals surface area contributed by atoms with Crippen molar-refractivity contribution in [1.82, 2.24) is 15.4 Å². The molecule has 1 aromatic heterocycles. The fourth-order valence-electron chi connectivity index (χ4n) is 2.25. The zero-order chi connectivity index (χ0) is 18.2. The van der Waals surface area contributed by atoms with E-state index in [9.17, 15) is 14.4 Å². The van der Waals surface area contributed by atoms with E-state index >= 15 is 0 Å². The maximum absolute atomic E-state index is 11.8. The average molecular weight is 344 g/mol. The van der Waals surface area contributed by atoms with Gasteiger partial charge in [0.15, 0.2) is 0 Å². The fourth-order valence-corrected chi connectivity index (χ4v) is 2.25. The number of benzene rings is 1. The number of aryl methyl sites for hydroxylation is 1. The summed E-state index contributed by atoms with van der Waals surface area (Å²) in [7, 11) is 0. The van der Waals surface area contributed by atoms with E-state index in [4.69, 9.17) is 4.74 Å². The molecule has 0 unspecified atom stereocenters. The molecule has 0 atom stereocenters. The fraction of sp³-hybridized carbons (Fsp3) is 0.294. The first-order valence-electron chi connectivity index (χ1n) is 7.86. The third-order valence-corrected chi connectivity index (χ3v) is 3.43. The molecule has 25 heavy (non-hydrogen) atoms. The molecule has 2 rings (SSSR count). The summed E-state index contributed by atoms with van der Waals surface area (Å²) in [6, 6.07) is 7.31. The molecule has 0 aliphatic heterocycles. The van der Waals surface area contributed by atoms with Crippen LogP contribution in [0.5, 0.6) is 5.75 Å². The van der Waals surface area contributed by atoms with Gasteiger partial charge in [-0.25, -0.2) is 10.2 Å². The van der Waals surface area contributed by atoms with Crippen molar-refractivity contribution in [3.8, 4) is 5.75 Å². The van der Waals surface area contributed by atoms with Crippen molar-refractivity contribution in [3.05, 3.63) is 61.9 Å². The van der Waals surface area contributed by atoms with Crippen LogP contribution in [0.3, 0.4) is 0 Å². The molecule has 3 N–H and O–H groups in total. The van der Waals surface area contributed by atoms with Crippen LogP contribution in [-0.4, -0.2) is 28.7 Å². The molecule has 8 nitrogen and oxygen atoms in total. The Balaban J connectivity index is 1.90. The number of hydrogen-bond donors (Lipinski definition) is 3. The summed E-state index contributed by atoms with van der Waals surface area (Å²) in [6.07, 6.45) is 1.80. The van der Waals surface area contributed by atoms with Gasteiger partial charge in [-0.05, 0) is 38.0 Å². The zero-order valence-corrected chi connectivity index (χ0v) is 14.1. The lowest BCUT2D eigenvalue weighted by Gasteiger charge is -2.04. The van der Waals surface area contributed by atoms with Crippen LogP contribution in [0.2, 0.25) is 0 Å². The van der Waals surface area contributed by atoms with Gasteiger partial charge >= 0.3 is 5.69 Å². The highest BCUT2D eigenvalue weighted by Gasteiger charge is 2.08. The first kappa shape index (κ1) is 18.2. The Hall–Kier alpha value is -3.16. The molecule has 1 amide bonds. The number of carbonyl (C=O) groups excluding carboxylic acids is 1. The number of nitrogens with zero attached hydrogens (tertiary/aromatic N) is 1. The molecule has 0 saturated heterocycles. The van der Waals surface area contributed by atoms with Gasteiger partial charge < -0.3 is 9.72 Å². The molecule has 8 heteroatoms. The molecule has 0 bridgehead atoms. The molecule has 0 saturated carbocycles. The lowest BCUT2D eigenvalue weighted by Crippen LogP contribution is -2.28. The highest BCUT2D eigenvalue weighted by atomic mass is 16.5. The minimum atomic E-state index is -0.561. The predicted molar refractivity (Wildman–Crippen MR) is 94.1 cm³/mol. The Morgan fingerprint density at radius 2 is 2.12 bits per heavy atom. The van der Waals surface area contributed by atoms with E-state index in [0.717, 1.165) is 11.3 Å². The number of nitrogens with one attached hydrogen (secondary N) is 3. The second-order valence-corrected chi connectivity index (χ2v) is 5.31. The Kier molecular flexibility index (Phi) is 6.27. The Morgan fingerprint density at radius 1 is 1.32 bits per heavy atom. The van der Waals surface area contributed by atoms with Crippen LogP contribution in [0, 0.1) is 6.92 Å². The summed E-state index contributed by atoms with van der Waals surface area (Å²) in [5.41, 5.74) is 2.99. The summed E-state index contributed by atoms with van der Waals surface area (Å²) in [5, 5.41) is 3.89. The Labute approximate surface area is 143 Å². The Morgan fingerprint density at radius 3 is 2.84 bits per heavy atom. The van der Waals surface area contributed by atoms with Crippen molar-refractivity contribution in [2.24, 2.45) is 5.10 Å². The first-order chi connectivity index (χ1) is 12.0. The van der Waals surface area contributed by atoms with Gasteiger partial charge in [-0.2, -0.15) is 5.10 Å². The molecular formula is C17H20N4O4. The molecule has 0 aliphatic rings. The first-order valence-corrected chi connectivity index (χ1v) is 7.86. The van der Waals surface area contributed by atoms with Crippen LogP contribution < -0.4 is 21.4 Å². The smallest absolute Gasteiger partial charge is 0.325 e. The van der Waals surface area contributed by atoms with Gasteiger partial charge in [-0.15, -0.1) is 0 Å². The number of hydrazone groups is 1. The summed E-state index contributed by atoms with van der Waals surface area (Å²) < 4.78 is 5.39. The number of carbonyl (C=O) groups is 1. The summed E-state index contributed by atoms with van der Waals surface area (Å²) in [6.45, 7) is 4.09. The quantitative estimate of drug-likeness (QED) is 0.510. The van der Waals surface area contributed by atoms with Crippen molar-refractivity contribution in [2.45, 2.75) is 26.7 Å². The van der Waals surface area contributed by atoms with Gasteiger partial charge in [0.1, 0.15) is 5.75 Å². The Bertz CT molecular complexity index is 883. The number of ether oxygens (including phenoxy) is 1. The SMILES string of the molecule is CCOc1cccc(/C=N/NC(=O)CCc2c(C)[nH]c(=O)[nH]c2=O)c1. The van der Waals surface area contributed by atoms with Gasteiger partial charge in [0.25, 0.3) is 5.56 Å². The third kappa shape index (κ3) is 5.45. The predicted octanol–water partition coefficient (Wildman–Crippen LogP) is 0.853. The molecule has 0 aliphatic carbocycles. The van der Waals surface area contributed by atoms with Crippen molar-refractivity contribution in [1.29, 1.82) is 0 Å². The van der Waals surface area contributed by atoms with E-state index in [-0.39, 0.29) is 18.7 Å². The summed E-state index contributed by atoms with van der Waals surface area (Å²) >= 11 is 0. The van der Waals surface area contributed by atoms with Crippen LogP contribution in [0.25, 0.3) is 0 Å². The lowest BCUT2D eigenvalue weighted by molar-refractivity contribution is -0.121. The highest BCUT2D eigenvalue weighted by Crippen LogP contribution is 2.11. The summed E-state index contributed by atoms with van der Waals surface area (Å²) in [5.74, 6) is 0.396. The topological polar surface area (TPSA) is 116 Å². The molecule has 0 spiro atoms. The largest absolute Gasteiger partial charge is 0.494 e. The van der Waals surface area contributed by atoms with Crippen molar-refractivity contribution in [2.75, 3.05) is 6.61 Å². The maximum atomic E-state index is 11.8. The molecule has 1 aromatic carbocycles. The van der Waals surface area contributed by atoms with Crippen LogP contribution in [-0.2, 0) is 11.2 Å². The van der Waals surface area contributed by atoms with Gasteiger partial charge in [0.05, 0.1) is 12.8 Å². The molecule has 2 aromatic rings. The number of aromatic amines is 2. The second kappa shape index (κ2) is 8.62. The van der Waals surface area contributed by atoms with E-state index in [0.29, 0.717) is 17.9 Å². The third-order valence-electron chi connectivity index (χ3n) is 3.43.